The van der Waals surface area contributed by atoms with Crippen LogP contribution in [0.3, 0.4) is 0 Å². The van der Waals surface area contributed by atoms with E-state index in [1.807, 2.05) is 5.32 Å². The number of ketones is 1. The molecule has 1 unspecified atom stereocenters. The Labute approximate surface area is 152 Å². The summed E-state index contributed by atoms with van der Waals surface area (Å²) in [4.78, 5) is 47.9. The molecular weight excluding hydrogens is 369 g/mol. The molecule has 2 rings (SSSR count). The molecule has 0 aromatic heterocycles. The summed E-state index contributed by atoms with van der Waals surface area (Å²) in [7, 11) is 0. The minimum Gasteiger partial charge on any atom is -0.480 e. The van der Waals surface area contributed by atoms with Crippen molar-refractivity contribution in [2.45, 2.75) is 19.0 Å². The number of carbonyl (C=O) groups is 4. The molecule has 1 aliphatic rings. The first-order valence-corrected chi connectivity index (χ1v) is 8.06. The van der Waals surface area contributed by atoms with Crippen molar-refractivity contribution in [2.24, 2.45) is 5.92 Å². The van der Waals surface area contributed by atoms with Crippen LogP contribution in [0.25, 0.3) is 0 Å². The average molecular weight is 386 g/mol. The Hall–Kier alpha value is -2.91. The lowest BCUT2D eigenvalue weighted by molar-refractivity contribution is -0.152. The Morgan fingerprint density at radius 1 is 1.26 bits per heavy atom. The predicted octanol–water partition coefficient (Wildman–Crippen LogP) is 0.866. The fourth-order valence-corrected chi connectivity index (χ4v) is 2.73. The highest BCUT2D eigenvalue weighted by Crippen LogP contribution is 2.29. The number of rotatable bonds is 6. The smallest absolute Gasteiger partial charge is 0.416 e. The number of piperidine rings is 1. The van der Waals surface area contributed by atoms with Gasteiger partial charge in [0.25, 0.3) is 0 Å². The molecule has 1 heterocycles. The Morgan fingerprint density at radius 2 is 1.96 bits per heavy atom. The molecule has 1 atom stereocenters. The summed E-state index contributed by atoms with van der Waals surface area (Å²) in [5.41, 5.74) is -0.438. The van der Waals surface area contributed by atoms with E-state index in [4.69, 9.17) is 5.11 Å². The lowest BCUT2D eigenvalue weighted by Gasteiger charge is -2.30. The third kappa shape index (κ3) is 5.28. The number of benzene rings is 1. The maximum absolute atomic E-state index is 12.7. The van der Waals surface area contributed by atoms with Gasteiger partial charge in [0.15, 0.2) is 11.7 Å². The molecule has 0 radical (unpaired) electrons. The second-order valence-electron chi connectivity index (χ2n) is 6.03. The van der Waals surface area contributed by atoms with Gasteiger partial charge in [-0.1, -0.05) is 18.2 Å². The summed E-state index contributed by atoms with van der Waals surface area (Å²) in [5, 5.41) is 10.6. The highest BCUT2D eigenvalue weighted by atomic mass is 19.4. The molecule has 0 bridgehead atoms. The van der Waals surface area contributed by atoms with Crippen molar-refractivity contribution in [1.29, 1.82) is 0 Å². The number of carbonyl (C=O) groups excluding carboxylic acids is 3. The van der Waals surface area contributed by atoms with Crippen LogP contribution in [0.15, 0.2) is 24.3 Å². The number of hydrogen-bond donors (Lipinski definition) is 2. The Kier molecular flexibility index (Phi) is 6.19. The van der Waals surface area contributed by atoms with Crippen LogP contribution in [0.4, 0.5) is 13.2 Å². The summed E-state index contributed by atoms with van der Waals surface area (Å²) >= 11 is 0. The van der Waals surface area contributed by atoms with Crippen LogP contribution in [-0.2, 0) is 31.8 Å². The van der Waals surface area contributed by atoms with Gasteiger partial charge in [-0.15, -0.1) is 0 Å². The summed E-state index contributed by atoms with van der Waals surface area (Å²) in [6, 6.07) is 4.68. The topological polar surface area (TPSA) is 104 Å². The molecule has 146 valence electrons. The molecule has 0 saturated carbocycles. The number of nitrogens with zero attached hydrogens (tertiary/aromatic N) is 1. The fraction of sp³-hybridized carbons (Fsp3) is 0.412. The molecule has 0 aliphatic carbocycles. The second kappa shape index (κ2) is 8.19. The van der Waals surface area contributed by atoms with E-state index in [2.05, 4.69) is 0 Å². The first-order chi connectivity index (χ1) is 12.6. The summed E-state index contributed by atoms with van der Waals surface area (Å²) < 4.78 is 38.2. The molecule has 27 heavy (non-hydrogen) atoms. The quantitative estimate of drug-likeness (QED) is 0.706. The average Bonchev–Trinajstić information content (AvgIpc) is 2.59. The molecule has 2 amide bonds. The highest BCUT2D eigenvalue weighted by Gasteiger charge is 2.40. The van der Waals surface area contributed by atoms with Gasteiger partial charge in [-0.05, 0) is 18.1 Å². The van der Waals surface area contributed by atoms with Gasteiger partial charge in [-0.3, -0.25) is 19.2 Å². The van der Waals surface area contributed by atoms with E-state index >= 15 is 0 Å². The van der Waals surface area contributed by atoms with Gasteiger partial charge >= 0.3 is 12.1 Å². The van der Waals surface area contributed by atoms with Gasteiger partial charge in [-0.25, -0.2) is 0 Å². The molecule has 1 fully saturated rings. The minimum atomic E-state index is -4.48. The zero-order chi connectivity index (χ0) is 20.2. The maximum Gasteiger partial charge on any atom is 0.416 e. The lowest BCUT2D eigenvalue weighted by Crippen LogP contribution is -2.53. The molecular formula is C17H17F3N2O5. The minimum absolute atomic E-state index is 0.0378. The van der Waals surface area contributed by atoms with Crippen LogP contribution in [0.1, 0.15) is 17.5 Å². The third-order valence-corrected chi connectivity index (χ3v) is 4.11. The van der Waals surface area contributed by atoms with E-state index in [-0.39, 0.29) is 25.9 Å². The number of likely N-dealkylation sites (tertiary alicyclic amines) is 1. The van der Waals surface area contributed by atoms with Crippen molar-refractivity contribution in [1.82, 2.24) is 10.2 Å². The summed E-state index contributed by atoms with van der Waals surface area (Å²) in [6.07, 6.45) is -4.44. The van der Waals surface area contributed by atoms with Gasteiger partial charge in [0.2, 0.25) is 11.8 Å². The van der Waals surface area contributed by atoms with Gasteiger partial charge in [0.05, 0.1) is 5.56 Å². The maximum atomic E-state index is 12.7. The Bertz CT molecular complexity index is 763. The number of alkyl halides is 3. The molecule has 0 spiro atoms. The van der Waals surface area contributed by atoms with Crippen LogP contribution in [0.2, 0.25) is 0 Å². The van der Waals surface area contributed by atoms with E-state index in [9.17, 15) is 32.3 Å². The van der Waals surface area contributed by atoms with Crippen molar-refractivity contribution < 1.29 is 37.5 Å². The molecule has 1 aromatic carbocycles. The normalized spacial score (nSPS) is 17.7. The number of nitrogens with one attached hydrogen (secondary N) is 1. The number of aliphatic carboxylic acids is 1. The first-order valence-electron chi connectivity index (χ1n) is 8.06. The van der Waals surface area contributed by atoms with E-state index in [1.165, 1.54) is 17.0 Å². The van der Waals surface area contributed by atoms with Crippen molar-refractivity contribution in [3.63, 3.8) is 0 Å². The first kappa shape index (κ1) is 20.4. The van der Waals surface area contributed by atoms with E-state index in [0.717, 1.165) is 12.1 Å². The number of carboxylic acid groups (broad SMARTS) is 1. The third-order valence-electron chi connectivity index (χ3n) is 4.11. The Balaban J connectivity index is 2.03. The summed E-state index contributed by atoms with van der Waals surface area (Å²) in [5.74, 6) is -5.32. The number of hydrogen-bond acceptors (Lipinski definition) is 4. The van der Waals surface area contributed by atoms with E-state index in [1.54, 1.807) is 0 Å². The van der Waals surface area contributed by atoms with Gasteiger partial charge in [0.1, 0.15) is 6.54 Å². The molecule has 1 aliphatic heterocycles. The van der Waals surface area contributed by atoms with Crippen LogP contribution >= 0.6 is 0 Å². The van der Waals surface area contributed by atoms with Crippen molar-refractivity contribution in [3.05, 3.63) is 35.4 Å². The van der Waals surface area contributed by atoms with Gasteiger partial charge in [0, 0.05) is 19.5 Å². The molecule has 1 aromatic rings. The second-order valence-corrected chi connectivity index (χ2v) is 6.03. The van der Waals surface area contributed by atoms with Crippen LogP contribution in [-0.4, -0.2) is 53.2 Å². The molecule has 7 nitrogen and oxygen atoms in total. The monoisotopic (exact) mass is 386 g/mol. The van der Waals surface area contributed by atoms with Crippen LogP contribution in [0.5, 0.6) is 0 Å². The molecule has 2 N–H and O–H groups in total. The number of amides is 2. The zero-order valence-electron chi connectivity index (χ0n) is 14.1. The molecule has 10 heteroatoms. The van der Waals surface area contributed by atoms with Gasteiger partial charge in [-0.2, -0.15) is 13.2 Å². The zero-order valence-corrected chi connectivity index (χ0v) is 14.1. The predicted molar refractivity (Wildman–Crippen MR) is 85.5 cm³/mol. The van der Waals surface area contributed by atoms with Crippen molar-refractivity contribution in [2.75, 3.05) is 19.6 Å². The standard InChI is InChI=1S/C17H17F3N2O5/c18-17(19,20)11-3-1-2-10(8-11)4-6-22-7-5-12(23)14(16(22)27)15(26)21-9-13(24)25/h1-3,8,14H,4-7,9H2,(H,21,26)(H,24,25). The SMILES string of the molecule is O=C(O)CNC(=O)C1C(=O)CCN(CCc2cccc(C(F)(F)F)c2)C1=O. The number of carboxylic acids is 1. The number of Topliss-reactive ketones (excluding diaryl/α,β-unsaturated/α-hetero) is 1. The van der Waals surface area contributed by atoms with Crippen molar-refractivity contribution >= 4 is 23.6 Å². The van der Waals surface area contributed by atoms with Crippen LogP contribution in [0, 0.1) is 5.92 Å². The molecule has 1 saturated heterocycles. The summed E-state index contributed by atoms with van der Waals surface area (Å²) in [6.45, 7) is -0.629. The van der Waals surface area contributed by atoms with Gasteiger partial charge < -0.3 is 15.3 Å². The highest BCUT2D eigenvalue weighted by molar-refractivity contribution is 6.19. The van der Waals surface area contributed by atoms with Crippen LogP contribution < -0.4 is 5.32 Å². The van der Waals surface area contributed by atoms with E-state index < -0.39 is 47.8 Å². The Morgan fingerprint density at radius 3 is 2.59 bits per heavy atom. The lowest BCUT2D eigenvalue weighted by atomic mass is 9.94. The largest absolute Gasteiger partial charge is 0.480 e. The van der Waals surface area contributed by atoms with Crippen molar-refractivity contribution in [3.8, 4) is 0 Å². The number of halogens is 3. The van der Waals surface area contributed by atoms with E-state index in [0.29, 0.717) is 5.56 Å². The fourth-order valence-electron chi connectivity index (χ4n) is 2.73.